The SMILES string of the molecule is CC(C)(C)OC(=O)NCC(C)(CC(=O)O)c1ccc(F)c(Br)c1. The van der Waals surface area contributed by atoms with Gasteiger partial charge in [-0.15, -0.1) is 0 Å². The van der Waals surface area contributed by atoms with Gasteiger partial charge in [0.25, 0.3) is 0 Å². The Labute approximate surface area is 143 Å². The van der Waals surface area contributed by atoms with Gasteiger partial charge in [-0.2, -0.15) is 0 Å². The second kappa shape index (κ2) is 7.29. The minimum Gasteiger partial charge on any atom is -0.481 e. The van der Waals surface area contributed by atoms with Gasteiger partial charge in [0.05, 0.1) is 10.9 Å². The summed E-state index contributed by atoms with van der Waals surface area (Å²) in [4.78, 5) is 23.0. The summed E-state index contributed by atoms with van der Waals surface area (Å²) < 4.78 is 18.8. The summed E-state index contributed by atoms with van der Waals surface area (Å²) >= 11 is 3.09. The zero-order valence-corrected chi connectivity index (χ0v) is 15.2. The van der Waals surface area contributed by atoms with Crippen molar-refractivity contribution in [2.75, 3.05) is 6.54 Å². The predicted octanol–water partition coefficient (Wildman–Crippen LogP) is 3.85. The summed E-state index contributed by atoms with van der Waals surface area (Å²) in [5.41, 5.74) is -0.949. The van der Waals surface area contributed by atoms with Gasteiger partial charge in [-0.3, -0.25) is 4.79 Å². The van der Waals surface area contributed by atoms with Crippen molar-refractivity contribution < 1.29 is 23.8 Å². The molecule has 7 heteroatoms. The van der Waals surface area contributed by atoms with E-state index in [1.165, 1.54) is 18.2 Å². The summed E-state index contributed by atoms with van der Waals surface area (Å²) in [5.74, 6) is -1.45. The number of rotatable bonds is 5. The Hall–Kier alpha value is -1.63. The first-order chi connectivity index (χ1) is 10.4. The van der Waals surface area contributed by atoms with E-state index in [1.54, 1.807) is 27.7 Å². The van der Waals surface area contributed by atoms with Crippen LogP contribution in [0.5, 0.6) is 0 Å². The Morgan fingerprint density at radius 3 is 2.39 bits per heavy atom. The number of halogens is 2. The summed E-state index contributed by atoms with van der Waals surface area (Å²) in [7, 11) is 0. The number of hydrogen-bond acceptors (Lipinski definition) is 3. The van der Waals surface area contributed by atoms with Crippen LogP contribution in [0, 0.1) is 5.82 Å². The van der Waals surface area contributed by atoms with E-state index in [2.05, 4.69) is 21.2 Å². The van der Waals surface area contributed by atoms with E-state index in [1.807, 2.05) is 0 Å². The number of alkyl carbamates (subject to hydrolysis) is 1. The Morgan fingerprint density at radius 1 is 1.30 bits per heavy atom. The van der Waals surface area contributed by atoms with Crippen LogP contribution in [0.15, 0.2) is 22.7 Å². The zero-order chi connectivity index (χ0) is 17.8. The molecule has 0 aliphatic heterocycles. The van der Waals surface area contributed by atoms with E-state index >= 15 is 0 Å². The van der Waals surface area contributed by atoms with E-state index in [-0.39, 0.29) is 17.4 Å². The van der Waals surface area contributed by atoms with Crippen LogP contribution >= 0.6 is 15.9 Å². The molecule has 1 amide bonds. The highest BCUT2D eigenvalue weighted by Gasteiger charge is 2.31. The Morgan fingerprint density at radius 2 is 1.91 bits per heavy atom. The molecular formula is C16H21BrFNO4. The van der Waals surface area contributed by atoms with E-state index in [0.29, 0.717) is 5.56 Å². The number of amides is 1. The third-order valence-electron chi connectivity index (χ3n) is 3.18. The van der Waals surface area contributed by atoms with Crippen molar-refractivity contribution in [2.45, 2.75) is 45.1 Å². The van der Waals surface area contributed by atoms with Crippen LogP contribution < -0.4 is 5.32 Å². The lowest BCUT2D eigenvalue weighted by molar-refractivity contribution is -0.138. The molecule has 128 valence electrons. The maximum Gasteiger partial charge on any atom is 0.407 e. The standard InChI is InChI=1S/C16H21BrFNO4/c1-15(2,3)23-14(22)19-9-16(4,8-13(20)21)10-5-6-12(18)11(17)7-10/h5-7H,8-9H2,1-4H3,(H,19,22)(H,20,21). The largest absolute Gasteiger partial charge is 0.481 e. The van der Waals surface area contributed by atoms with Gasteiger partial charge in [-0.05, 0) is 54.4 Å². The first kappa shape index (κ1) is 19.4. The fourth-order valence-corrected chi connectivity index (χ4v) is 2.43. The number of ether oxygens (including phenoxy) is 1. The minimum atomic E-state index is -1.01. The van der Waals surface area contributed by atoms with Crippen molar-refractivity contribution >= 4 is 28.0 Å². The van der Waals surface area contributed by atoms with E-state index < -0.39 is 28.9 Å². The second-order valence-corrected chi connectivity index (χ2v) is 7.47. The molecule has 0 bridgehead atoms. The lowest BCUT2D eigenvalue weighted by Gasteiger charge is -2.30. The number of nitrogens with one attached hydrogen (secondary N) is 1. The van der Waals surface area contributed by atoms with Gasteiger partial charge < -0.3 is 15.2 Å². The van der Waals surface area contributed by atoms with E-state index in [9.17, 15) is 14.0 Å². The van der Waals surface area contributed by atoms with Crippen LogP contribution in [0.3, 0.4) is 0 Å². The number of aliphatic carboxylic acids is 1. The zero-order valence-electron chi connectivity index (χ0n) is 13.6. The molecule has 0 radical (unpaired) electrons. The van der Waals surface area contributed by atoms with Crippen LogP contribution in [0.25, 0.3) is 0 Å². The number of benzene rings is 1. The minimum absolute atomic E-state index is 0.0479. The molecule has 0 spiro atoms. The normalized spacial score (nSPS) is 14.0. The van der Waals surface area contributed by atoms with Gasteiger partial charge >= 0.3 is 12.1 Å². The predicted molar refractivity (Wildman–Crippen MR) is 87.9 cm³/mol. The summed E-state index contributed by atoms with van der Waals surface area (Å²) in [5, 5.41) is 11.7. The van der Waals surface area contributed by atoms with Crippen LogP contribution in [0.2, 0.25) is 0 Å². The van der Waals surface area contributed by atoms with Crippen LogP contribution in [0.1, 0.15) is 39.7 Å². The third kappa shape index (κ3) is 6.17. The third-order valence-corrected chi connectivity index (χ3v) is 3.79. The highest BCUT2D eigenvalue weighted by Crippen LogP contribution is 2.30. The molecule has 1 unspecified atom stereocenters. The molecule has 0 heterocycles. The first-order valence-electron chi connectivity index (χ1n) is 7.07. The average molecular weight is 390 g/mol. The lowest BCUT2D eigenvalue weighted by atomic mass is 9.79. The number of hydrogen-bond donors (Lipinski definition) is 2. The first-order valence-corrected chi connectivity index (χ1v) is 7.86. The summed E-state index contributed by atoms with van der Waals surface area (Å²) in [6.07, 6.45) is -0.851. The highest BCUT2D eigenvalue weighted by molar-refractivity contribution is 9.10. The van der Waals surface area contributed by atoms with Crippen molar-refractivity contribution in [3.63, 3.8) is 0 Å². The maximum absolute atomic E-state index is 13.4. The molecule has 23 heavy (non-hydrogen) atoms. The lowest BCUT2D eigenvalue weighted by Crippen LogP contribution is -2.42. The molecule has 5 nitrogen and oxygen atoms in total. The van der Waals surface area contributed by atoms with Crippen LogP contribution in [-0.2, 0) is 14.9 Å². The fraction of sp³-hybridized carbons (Fsp3) is 0.500. The fourth-order valence-electron chi connectivity index (χ4n) is 2.05. The molecule has 0 aliphatic rings. The Kier molecular flexibility index (Phi) is 6.16. The number of carbonyl (C=O) groups excluding carboxylic acids is 1. The van der Waals surface area contributed by atoms with Gasteiger partial charge in [0.2, 0.25) is 0 Å². The molecular weight excluding hydrogens is 369 g/mol. The van der Waals surface area contributed by atoms with Crippen molar-refractivity contribution in [1.82, 2.24) is 5.32 Å². The van der Waals surface area contributed by atoms with Gasteiger partial charge in [0.15, 0.2) is 0 Å². The van der Waals surface area contributed by atoms with Crippen LogP contribution in [-0.4, -0.2) is 29.3 Å². The molecule has 1 rings (SSSR count). The molecule has 0 aliphatic carbocycles. The molecule has 1 aromatic rings. The quantitative estimate of drug-likeness (QED) is 0.801. The second-order valence-electron chi connectivity index (χ2n) is 6.62. The van der Waals surface area contributed by atoms with E-state index in [4.69, 9.17) is 9.84 Å². The molecule has 0 fully saturated rings. The Bertz CT molecular complexity index is 600. The molecule has 1 aromatic carbocycles. The Balaban J connectivity index is 2.96. The average Bonchev–Trinajstić information content (AvgIpc) is 2.37. The molecule has 0 saturated heterocycles. The monoisotopic (exact) mass is 389 g/mol. The summed E-state index contributed by atoms with van der Waals surface area (Å²) in [6, 6.07) is 4.29. The molecule has 2 N–H and O–H groups in total. The topological polar surface area (TPSA) is 75.6 Å². The number of carboxylic acids is 1. The van der Waals surface area contributed by atoms with Gasteiger partial charge in [-0.1, -0.05) is 13.0 Å². The van der Waals surface area contributed by atoms with Crippen molar-refractivity contribution in [2.24, 2.45) is 0 Å². The highest BCUT2D eigenvalue weighted by atomic mass is 79.9. The molecule has 1 atom stereocenters. The van der Waals surface area contributed by atoms with Crippen molar-refractivity contribution in [3.05, 3.63) is 34.1 Å². The molecule has 0 saturated carbocycles. The number of carboxylic acid groups (broad SMARTS) is 1. The van der Waals surface area contributed by atoms with Gasteiger partial charge in [0, 0.05) is 12.0 Å². The summed E-state index contributed by atoms with van der Waals surface area (Å²) in [6.45, 7) is 6.95. The smallest absolute Gasteiger partial charge is 0.407 e. The van der Waals surface area contributed by atoms with Crippen molar-refractivity contribution in [1.29, 1.82) is 0 Å². The van der Waals surface area contributed by atoms with Gasteiger partial charge in [0.1, 0.15) is 11.4 Å². The maximum atomic E-state index is 13.4. The van der Waals surface area contributed by atoms with E-state index in [0.717, 1.165) is 0 Å². The van der Waals surface area contributed by atoms with Crippen molar-refractivity contribution in [3.8, 4) is 0 Å². The van der Waals surface area contributed by atoms with Gasteiger partial charge in [-0.25, -0.2) is 9.18 Å². The van der Waals surface area contributed by atoms with Crippen LogP contribution in [0.4, 0.5) is 9.18 Å². The molecule has 0 aromatic heterocycles. The number of carbonyl (C=O) groups is 2.